The largest absolute Gasteiger partial charge is 0.488 e. The first-order chi connectivity index (χ1) is 20.8. The molecule has 0 atom stereocenters. The topological polar surface area (TPSA) is 80.3 Å². The summed E-state index contributed by atoms with van der Waals surface area (Å²) in [6, 6.07) is 29.5. The van der Waals surface area contributed by atoms with Crippen LogP contribution in [0, 0.1) is 0 Å². The van der Waals surface area contributed by atoms with E-state index in [2.05, 4.69) is 0 Å². The van der Waals surface area contributed by atoms with E-state index in [0.717, 1.165) is 17.5 Å². The lowest BCUT2D eigenvalue weighted by Gasteiger charge is -2.26. The van der Waals surface area contributed by atoms with E-state index in [1.807, 2.05) is 72.8 Å². The first kappa shape index (κ1) is 30.0. The fourth-order valence-electron chi connectivity index (χ4n) is 4.67. The predicted molar refractivity (Wildman–Crippen MR) is 162 cm³/mol. The number of hydrogen-bond acceptors (Lipinski definition) is 7. The third-order valence-electron chi connectivity index (χ3n) is 6.70. The molecule has 0 bridgehead atoms. The molecule has 7 heteroatoms. The van der Waals surface area contributed by atoms with E-state index >= 15 is 0 Å². The molecule has 0 aliphatic carbocycles. The number of esters is 1. The molecule has 1 aliphatic heterocycles. The maximum absolute atomic E-state index is 14.5. The summed E-state index contributed by atoms with van der Waals surface area (Å²) in [6.45, 7) is 6.92. The van der Waals surface area contributed by atoms with Crippen LogP contribution in [0.3, 0.4) is 0 Å². The minimum Gasteiger partial charge on any atom is -0.488 e. The lowest BCUT2D eigenvalue weighted by atomic mass is 9.95. The van der Waals surface area contributed by atoms with Gasteiger partial charge in [-0.2, -0.15) is 0 Å². The third kappa shape index (κ3) is 7.89. The van der Waals surface area contributed by atoms with Crippen molar-refractivity contribution in [1.82, 2.24) is 0 Å². The van der Waals surface area contributed by atoms with Crippen LogP contribution in [0.2, 0.25) is 0 Å². The highest BCUT2D eigenvalue weighted by Crippen LogP contribution is 2.36. The van der Waals surface area contributed by atoms with E-state index in [0.29, 0.717) is 30.1 Å². The second-order valence-electron chi connectivity index (χ2n) is 11.2. The lowest BCUT2D eigenvalue weighted by Crippen LogP contribution is -2.24. The Morgan fingerprint density at radius 1 is 0.744 bits per heavy atom. The van der Waals surface area contributed by atoms with Gasteiger partial charge >= 0.3 is 5.97 Å². The smallest absolute Gasteiger partial charge is 0.338 e. The maximum Gasteiger partial charge on any atom is 0.338 e. The monoisotopic (exact) mass is 580 g/mol. The molecule has 0 spiro atoms. The van der Waals surface area contributed by atoms with Gasteiger partial charge in [-0.15, -0.1) is 0 Å². The molecule has 0 radical (unpaired) electrons. The standard InChI is InChI=1S/C36H36O7/c1-36(2,3)43-34(38)27-18-19-28(31(22-27)42-24-26-14-8-5-9-15-26)33(37)32-29(35-39-20-11-21-40-35)16-10-17-30(32)41-23-25-12-6-4-7-13-25/h4-10,12-19,22,35H,11,20-21,23-24H2,1-3H3. The van der Waals surface area contributed by atoms with Crippen molar-refractivity contribution in [3.63, 3.8) is 0 Å². The van der Waals surface area contributed by atoms with Crippen molar-refractivity contribution in [3.05, 3.63) is 130 Å². The summed E-state index contributed by atoms with van der Waals surface area (Å²) in [7, 11) is 0. The molecule has 1 heterocycles. The van der Waals surface area contributed by atoms with Crippen LogP contribution in [0.5, 0.6) is 11.5 Å². The number of carbonyl (C=O) groups excluding carboxylic acids is 2. The molecule has 7 nitrogen and oxygen atoms in total. The van der Waals surface area contributed by atoms with Crippen LogP contribution >= 0.6 is 0 Å². The average molecular weight is 581 g/mol. The van der Waals surface area contributed by atoms with Crippen LogP contribution < -0.4 is 9.47 Å². The molecular weight excluding hydrogens is 544 g/mol. The molecule has 1 saturated heterocycles. The van der Waals surface area contributed by atoms with Crippen molar-refractivity contribution in [2.75, 3.05) is 13.2 Å². The Kier molecular flexibility index (Phi) is 9.55. The van der Waals surface area contributed by atoms with E-state index in [9.17, 15) is 9.59 Å². The summed E-state index contributed by atoms with van der Waals surface area (Å²) >= 11 is 0. The highest BCUT2D eigenvalue weighted by molar-refractivity contribution is 6.13. The molecule has 4 aromatic carbocycles. The molecule has 0 saturated carbocycles. The minimum absolute atomic E-state index is 0.201. The van der Waals surface area contributed by atoms with E-state index in [-0.39, 0.29) is 35.9 Å². The van der Waals surface area contributed by atoms with Crippen LogP contribution in [0.1, 0.15) is 76.5 Å². The van der Waals surface area contributed by atoms with Crippen molar-refractivity contribution >= 4 is 11.8 Å². The van der Waals surface area contributed by atoms with Gasteiger partial charge in [0.25, 0.3) is 0 Å². The van der Waals surface area contributed by atoms with E-state index < -0.39 is 17.9 Å². The van der Waals surface area contributed by atoms with Crippen LogP contribution in [-0.4, -0.2) is 30.6 Å². The van der Waals surface area contributed by atoms with Gasteiger partial charge in [-0.1, -0.05) is 72.8 Å². The molecule has 0 unspecified atom stereocenters. The molecule has 4 aromatic rings. The number of benzene rings is 4. The predicted octanol–water partition coefficient (Wildman–Crippen LogP) is 7.47. The lowest BCUT2D eigenvalue weighted by molar-refractivity contribution is -0.183. The summed E-state index contributed by atoms with van der Waals surface area (Å²) in [6.07, 6.45) is 0.0517. The summed E-state index contributed by atoms with van der Waals surface area (Å²) in [4.78, 5) is 27.5. The van der Waals surface area contributed by atoms with Gasteiger partial charge in [0.1, 0.15) is 30.3 Å². The Labute approximate surface area is 252 Å². The van der Waals surface area contributed by atoms with Crippen molar-refractivity contribution in [1.29, 1.82) is 0 Å². The van der Waals surface area contributed by atoms with Crippen molar-refractivity contribution < 1.29 is 33.3 Å². The van der Waals surface area contributed by atoms with Crippen molar-refractivity contribution in [3.8, 4) is 11.5 Å². The summed E-state index contributed by atoms with van der Waals surface area (Å²) in [5.41, 5.74) is 2.64. The van der Waals surface area contributed by atoms with Gasteiger partial charge in [-0.05, 0) is 62.6 Å². The Morgan fingerprint density at radius 2 is 1.35 bits per heavy atom. The van der Waals surface area contributed by atoms with Gasteiger partial charge in [0.2, 0.25) is 5.78 Å². The zero-order valence-electron chi connectivity index (χ0n) is 24.7. The van der Waals surface area contributed by atoms with Crippen LogP contribution in [0.25, 0.3) is 0 Å². The van der Waals surface area contributed by atoms with Crippen LogP contribution in [-0.2, 0) is 27.4 Å². The average Bonchev–Trinajstić information content (AvgIpc) is 3.02. The second-order valence-corrected chi connectivity index (χ2v) is 11.2. The Hall–Kier alpha value is -4.46. The van der Waals surface area contributed by atoms with Gasteiger partial charge in [-0.3, -0.25) is 4.79 Å². The van der Waals surface area contributed by atoms with E-state index in [1.54, 1.807) is 45.0 Å². The molecule has 0 amide bonds. The molecule has 5 rings (SSSR count). The summed E-state index contributed by atoms with van der Waals surface area (Å²) in [5.74, 6) is -0.191. The minimum atomic E-state index is -0.720. The number of ketones is 1. The fraction of sp³-hybridized carbons (Fsp3) is 0.278. The third-order valence-corrected chi connectivity index (χ3v) is 6.70. The molecule has 222 valence electrons. The molecule has 0 N–H and O–H groups in total. The second kappa shape index (κ2) is 13.7. The normalized spacial score (nSPS) is 13.7. The SMILES string of the molecule is CC(C)(C)OC(=O)c1ccc(C(=O)c2c(OCc3ccccc3)cccc2C2OCCCO2)c(OCc2ccccc2)c1. The fourth-order valence-corrected chi connectivity index (χ4v) is 4.67. The van der Waals surface area contributed by atoms with Gasteiger partial charge in [-0.25, -0.2) is 4.79 Å². The van der Waals surface area contributed by atoms with Gasteiger partial charge in [0.05, 0.1) is 29.9 Å². The van der Waals surface area contributed by atoms with Crippen molar-refractivity contribution in [2.45, 2.75) is 52.3 Å². The highest BCUT2D eigenvalue weighted by Gasteiger charge is 2.29. The van der Waals surface area contributed by atoms with E-state index in [4.69, 9.17) is 23.7 Å². The Bertz CT molecular complexity index is 1540. The van der Waals surface area contributed by atoms with Crippen molar-refractivity contribution in [2.24, 2.45) is 0 Å². The molecule has 1 aliphatic rings. The summed E-state index contributed by atoms with van der Waals surface area (Å²) in [5, 5.41) is 0. The van der Waals surface area contributed by atoms with Gasteiger partial charge < -0.3 is 23.7 Å². The molecule has 1 fully saturated rings. The summed E-state index contributed by atoms with van der Waals surface area (Å²) < 4.78 is 29.9. The zero-order chi connectivity index (χ0) is 30.2. The van der Waals surface area contributed by atoms with E-state index in [1.165, 1.54) is 0 Å². The van der Waals surface area contributed by atoms with Gasteiger partial charge in [0, 0.05) is 5.56 Å². The number of rotatable bonds is 10. The first-order valence-electron chi connectivity index (χ1n) is 14.4. The van der Waals surface area contributed by atoms with Crippen LogP contribution in [0.4, 0.5) is 0 Å². The van der Waals surface area contributed by atoms with Crippen LogP contribution in [0.15, 0.2) is 97.1 Å². The molecular formula is C36H36O7. The number of ether oxygens (including phenoxy) is 5. The van der Waals surface area contributed by atoms with Gasteiger partial charge in [0.15, 0.2) is 6.29 Å². The maximum atomic E-state index is 14.5. The highest BCUT2D eigenvalue weighted by atomic mass is 16.7. The Morgan fingerprint density at radius 3 is 1.95 bits per heavy atom. The Balaban J connectivity index is 1.55. The first-order valence-corrected chi connectivity index (χ1v) is 14.4. The quantitative estimate of drug-likeness (QED) is 0.142. The zero-order valence-corrected chi connectivity index (χ0v) is 24.7. The molecule has 43 heavy (non-hydrogen) atoms. The molecule has 0 aromatic heterocycles. The number of carbonyl (C=O) groups is 2. The number of hydrogen-bond donors (Lipinski definition) is 0.